The van der Waals surface area contributed by atoms with Crippen LogP contribution in [0.2, 0.25) is 0 Å². The monoisotopic (exact) mass is 230 g/mol. The molecule has 0 saturated carbocycles. The van der Waals surface area contributed by atoms with Gasteiger partial charge in [0.15, 0.2) is 0 Å². The lowest BCUT2D eigenvalue weighted by molar-refractivity contribution is -0.125. The Hall–Kier alpha value is -2.28. The molecule has 0 saturated heterocycles. The average molecular weight is 230 g/mol. The molecule has 0 heterocycles. The van der Waals surface area contributed by atoms with Gasteiger partial charge in [-0.1, -0.05) is 36.3 Å². The van der Waals surface area contributed by atoms with Crippen molar-refractivity contribution >= 4 is 11.8 Å². The maximum Gasteiger partial charge on any atom is 0.240 e. The molecule has 17 heavy (non-hydrogen) atoms. The van der Waals surface area contributed by atoms with Crippen LogP contribution in [0.3, 0.4) is 0 Å². The highest BCUT2D eigenvalue weighted by Crippen LogP contribution is 1.98. The predicted octanol–water partition coefficient (Wildman–Crippen LogP) is 0.0947. The fourth-order valence-electron chi connectivity index (χ4n) is 1.23. The first-order chi connectivity index (χ1) is 8.22. The van der Waals surface area contributed by atoms with Crippen LogP contribution in [0.5, 0.6) is 0 Å². The van der Waals surface area contributed by atoms with E-state index in [0.29, 0.717) is 0 Å². The van der Waals surface area contributed by atoms with E-state index in [4.69, 9.17) is 6.42 Å². The van der Waals surface area contributed by atoms with E-state index in [-0.39, 0.29) is 31.3 Å². The summed E-state index contributed by atoms with van der Waals surface area (Å²) in [5.74, 6) is 1.81. The first kappa shape index (κ1) is 12.8. The van der Waals surface area contributed by atoms with E-state index < -0.39 is 0 Å². The van der Waals surface area contributed by atoms with Crippen molar-refractivity contribution in [3.8, 4) is 12.3 Å². The number of benzene rings is 1. The Morgan fingerprint density at radius 3 is 2.47 bits per heavy atom. The zero-order valence-electron chi connectivity index (χ0n) is 9.40. The van der Waals surface area contributed by atoms with Crippen LogP contribution in [0.15, 0.2) is 30.3 Å². The molecule has 1 aromatic carbocycles. The van der Waals surface area contributed by atoms with Crippen LogP contribution in [-0.4, -0.2) is 24.9 Å². The number of carbonyl (C=O) groups is 2. The molecule has 0 atom stereocenters. The molecule has 88 valence electrons. The van der Waals surface area contributed by atoms with Crippen molar-refractivity contribution in [3.63, 3.8) is 0 Å². The van der Waals surface area contributed by atoms with Crippen molar-refractivity contribution in [2.45, 2.75) is 6.42 Å². The smallest absolute Gasteiger partial charge is 0.240 e. The molecule has 0 fully saturated rings. The summed E-state index contributed by atoms with van der Waals surface area (Å²) in [7, 11) is 0. The molecule has 0 radical (unpaired) electrons. The summed E-state index contributed by atoms with van der Waals surface area (Å²) in [5, 5.41) is 4.98. The molecule has 1 aromatic rings. The van der Waals surface area contributed by atoms with Gasteiger partial charge in [0.25, 0.3) is 0 Å². The zero-order chi connectivity index (χ0) is 12.5. The molecule has 4 nitrogen and oxygen atoms in total. The Morgan fingerprint density at radius 2 is 1.82 bits per heavy atom. The lowest BCUT2D eigenvalue weighted by Gasteiger charge is -2.05. The third kappa shape index (κ3) is 5.38. The highest BCUT2D eigenvalue weighted by atomic mass is 16.2. The van der Waals surface area contributed by atoms with Crippen molar-refractivity contribution in [2.24, 2.45) is 0 Å². The second-order valence-corrected chi connectivity index (χ2v) is 3.42. The van der Waals surface area contributed by atoms with Gasteiger partial charge in [-0.05, 0) is 5.56 Å². The molecule has 0 unspecified atom stereocenters. The highest BCUT2D eigenvalue weighted by Gasteiger charge is 2.05. The van der Waals surface area contributed by atoms with E-state index in [1.807, 2.05) is 30.3 Å². The van der Waals surface area contributed by atoms with Crippen LogP contribution in [0.4, 0.5) is 0 Å². The Bertz CT molecular complexity index is 421. The minimum absolute atomic E-state index is 0.0483. The second-order valence-electron chi connectivity index (χ2n) is 3.42. The van der Waals surface area contributed by atoms with Gasteiger partial charge in [-0.15, -0.1) is 6.42 Å². The van der Waals surface area contributed by atoms with E-state index in [1.165, 1.54) is 0 Å². The molecule has 0 aromatic heterocycles. The third-order valence-corrected chi connectivity index (χ3v) is 2.04. The van der Waals surface area contributed by atoms with E-state index in [1.54, 1.807) is 0 Å². The summed E-state index contributed by atoms with van der Waals surface area (Å²) in [5.41, 5.74) is 0.911. The van der Waals surface area contributed by atoms with Gasteiger partial charge in [0.1, 0.15) is 0 Å². The normalized spacial score (nSPS) is 9.12. The Kier molecular flexibility index (Phi) is 5.32. The largest absolute Gasteiger partial charge is 0.347 e. The number of terminal acetylenes is 1. The molecule has 2 amide bonds. The van der Waals surface area contributed by atoms with Gasteiger partial charge in [0.2, 0.25) is 11.8 Å². The van der Waals surface area contributed by atoms with E-state index in [2.05, 4.69) is 16.6 Å². The van der Waals surface area contributed by atoms with Crippen molar-refractivity contribution < 1.29 is 9.59 Å². The molecule has 0 aliphatic rings. The first-order valence-corrected chi connectivity index (χ1v) is 5.23. The van der Waals surface area contributed by atoms with Crippen LogP contribution in [0, 0.1) is 12.3 Å². The van der Waals surface area contributed by atoms with Crippen LogP contribution in [0.1, 0.15) is 5.56 Å². The van der Waals surface area contributed by atoms with Crippen molar-refractivity contribution in [3.05, 3.63) is 35.9 Å². The molecular weight excluding hydrogens is 216 g/mol. The van der Waals surface area contributed by atoms with Gasteiger partial charge in [-0.25, -0.2) is 0 Å². The number of hydrogen-bond acceptors (Lipinski definition) is 2. The zero-order valence-corrected chi connectivity index (χ0v) is 9.40. The molecule has 0 bridgehead atoms. The molecule has 0 aliphatic heterocycles. The summed E-state index contributed by atoms with van der Waals surface area (Å²) < 4.78 is 0. The summed E-state index contributed by atoms with van der Waals surface area (Å²) in [6, 6.07) is 9.33. The van der Waals surface area contributed by atoms with Gasteiger partial charge in [0, 0.05) is 0 Å². The second kappa shape index (κ2) is 7.07. The SMILES string of the molecule is C#CCNC(=O)CNC(=O)Cc1ccccc1. The fraction of sp³-hybridized carbons (Fsp3) is 0.231. The van der Waals surface area contributed by atoms with Crippen LogP contribution in [-0.2, 0) is 16.0 Å². The molecule has 1 rings (SSSR count). The Balaban J connectivity index is 2.27. The number of carbonyl (C=O) groups excluding carboxylic acids is 2. The summed E-state index contributed by atoms with van der Waals surface area (Å²) >= 11 is 0. The minimum Gasteiger partial charge on any atom is -0.347 e. The predicted molar refractivity (Wildman–Crippen MR) is 65.0 cm³/mol. The number of rotatable bonds is 5. The van der Waals surface area contributed by atoms with Crippen molar-refractivity contribution in [2.75, 3.05) is 13.1 Å². The summed E-state index contributed by atoms with van der Waals surface area (Å²) in [4.78, 5) is 22.6. The van der Waals surface area contributed by atoms with Crippen LogP contribution < -0.4 is 10.6 Å². The topological polar surface area (TPSA) is 58.2 Å². The van der Waals surface area contributed by atoms with Crippen molar-refractivity contribution in [1.29, 1.82) is 0 Å². The third-order valence-electron chi connectivity index (χ3n) is 2.04. The van der Waals surface area contributed by atoms with Crippen molar-refractivity contribution in [1.82, 2.24) is 10.6 Å². The quantitative estimate of drug-likeness (QED) is 0.705. The number of nitrogens with one attached hydrogen (secondary N) is 2. The maximum absolute atomic E-state index is 11.5. The van der Waals surface area contributed by atoms with Gasteiger partial charge in [-0.3, -0.25) is 9.59 Å². The van der Waals surface area contributed by atoms with E-state index in [0.717, 1.165) is 5.56 Å². The summed E-state index contributed by atoms with van der Waals surface area (Å²) in [6.07, 6.45) is 5.25. The summed E-state index contributed by atoms with van der Waals surface area (Å²) in [6.45, 7) is 0.126. The standard InChI is InChI=1S/C13H14N2O2/c1-2-8-14-13(17)10-15-12(16)9-11-6-4-3-5-7-11/h1,3-7H,8-10H2,(H,14,17)(H,15,16). The molecule has 2 N–H and O–H groups in total. The molecule has 4 heteroatoms. The van der Waals surface area contributed by atoms with Gasteiger partial charge >= 0.3 is 0 Å². The fourth-order valence-corrected chi connectivity index (χ4v) is 1.23. The van der Waals surface area contributed by atoms with Gasteiger partial charge in [0.05, 0.1) is 19.5 Å². The van der Waals surface area contributed by atoms with Gasteiger partial charge in [-0.2, -0.15) is 0 Å². The average Bonchev–Trinajstić information content (AvgIpc) is 2.35. The Labute approximate surface area is 100 Å². The maximum atomic E-state index is 11.5. The lowest BCUT2D eigenvalue weighted by Crippen LogP contribution is -2.37. The molecule has 0 spiro atoms. The molecular formula is C13H14N2O2. The van der Waals surface area contributed by atoms with E-state index in [9.17, 15) is 9.59 Å². The molecule has 0 aliphatic carbocycles. The first-order valence-electron chi connectivity index (χ1n) is 5.23. The highest BCUT2D eigenvalue weighted by molar-refractivity contribution is 5.85. The van der Waals surface area contributed by atoms with Gasteiger partial charge < -0.3 is 10.6 Å². The van der Waals surface area contributed by atoms with Crippen LogP contribution >= 0.6 is 0 Å². The lowest BCUT2D eigenvalue weighted by atomic mass is 10.1. The minimum atomic E-state index is -0.288. The Morgan fingerprint density at radius 1 is 1.12 bits per heavy atom. The number of hydrogen-bond donors (Lipinski definition) is 2. The van der Waals surface area contributed by atoms with E-state index >= 15 is 0 Å². The number of amides is 2. The van der Waals surface area contributed by atoms with Crippen LogP contribution in [0.25, 0.3) is 0 Å².